The van der Waals surface area contributed by atoms with E-state index in [2.05, 4.69) is 12.2 Å². The number of hydrogen-bond acceptors (Lipinski definition) is 2. The molecule has 0 heterocycles. The van der Waals surface area contributed by atoms with Crippen LogP contribution in [0.15, 0.2) is 0 Å². The van der Waals surface area contributed by atoms with Gasteiger partial charge in [-0.25, -0.2) is 0 Å². The van der Waals surface area contributed by atoms with Gasteiger partial charge in [-0.2, -0.15) is 0 Å². The minimum absolute atomic E-state index is 0.00221. The van der Waals surface area contributed by atoms with Crippen molar-refractivity contribution in [2.75, 3.05) is 6.54 Å². The third-order valence-corrected chi connectivity index (χ3v) is 4.35. The van der Waals surface area contributed by atoms with E-state index in [-0.39, 0.29) is 5.91 Å². The maximum atomic E-state index is 11.8. The van der Waals surface area contributed by atoms with Crippen LogP contribution in [0.25, 0.3) is 0 Å². The molecular weight excluding hydrogens is 212 g/mol. The lowest BCUT2D eigenvalue weighted by Gasteiger charge is -2.29. The lowest BCUT2D eigenvalue weighted by Crippen LogP contribution is -2.52. The Labute approximate surface area is 106 Å². The lowest BCUT2D eigenvalue weighted by molar-refractivity contribution is -0.126. The van der Waals surface area contributed by atoms with Gasteiger partial charge in [0.15, 0.2) is 0 Å². The number of nitrogens with two attached hydrogens (primary N) is 1. The molecule has 1 fully saturated rings. The molecule has 1 aliphatic carbocycles. The SMILES string of the molecule is CCC1CCC(CNC(=O)C(C)(N)CC)CC1. The van der Waals surface area contributed by atoms with E-state index in [1.54, 1.807) is 6.92 Å². The van der Waals surface area contributed by atoms with Crippen LogP contribution in [-0.2, 0) is 4.79 Å². The van der Waals surface area contributed by atoms with Crippen LogP contribution in [0.2, 0.25) is 0 Å². The topological polar surface area (TPSA) is 55.1 Å². The third kappa shape index (κ3) is 4.30. The summed E-state index contributed by atoms with van der Waals surface area (Å²) in [6.45, 7) is 6.83. The quantitative estimate of drug-likeness (QED) is 0.775. The van der Waals surface area contributed by atoms with Crippen molar-refractivity contribution in [3.8, 4) is 0 Å². The molecule has 3 heteroatoms. The minimum Gasteiger partial charge on any atom is -0.354 e. The summed E-state index contributed by atoms with van der Waals surface area (Å²) >= 11 is 0. The highest BCUT2D eigenvalue weighted by Gasteiger charge is 2.27. The molecule has 0 bridgehead atoms. The second-order valence-corrected chi connectivity index (χ2v) is 5.78. The molecule has 0 aliphatic heterocycles. The summed E-state index contributed by atoms with van der Waals surface area (Å²) in [5.74, 6) is 1.57. The van der Waals surface area contributed by atoms with Crippen molar-refractivity contribution in [2.24, 2.45) is 17.6 Å². The van der Waals surface area contributed by atoms with Crippen LogP contribution in [-0.4, -0.2) is 18.0 Å². The molecule has 0 radical (unpaired) electrons. The molecule has 0 spiro atoms. The molecule has 1 saturated carbocycles. The summed E-state index contributed by atoms with van der Waals surface area (Å²) in [7, 11) is 0. The highest BCUT2D eigenvalue weighted by atomic mass is 16.2. The molecule has 0 aromatic rings. The first kappa shape index (κ1) is 14.5. The van der Waals surface area contributed by atoms with Gasteiger partial charge in [-0.15, -0.1) is 0 Å². The van der Waals surface area contributed by atoms with Crippen LogP contribution < -0.4 is 11.1 Å². The van der Waals surface area contributed by atoms with Gasteiger partial charge >= 0.3 is 0 Å². The Morgan fingerprint density at radius 3 is 2.24 bits per heavy atom. The van der Waals surface area contributed by atoms with Gasteiger partial charge in [0.1, 0.15) is 0 Å². The number of nitrogens with one attached hydrogen (secondary N) is 1. The molecule has 17 heavy (non-hydrogen) atoms. The first-order valence-corrected chi connectivity index (χ1v) is 7.06. The molecule has 3 N–H and O–H groups in total. The lowest BCUT2D eigenvalue weighted by atomic mass is 9.81. The standard InChI is InChI=1S/C14H28N2O/c1-4-11-6-8-12(9-7-11)10-16-13(17)14(3,15)5-2/h11-12H,4-10,15H2,1-3H3,(H,16,17). The zero-order valence-corrected chi connectivity index (χ0v) is 11.6. The molecule has 1 rings (SSSR count). The predicted molar refractivity (Wildman–Crippen MR) is 71.6 cm³/mol. The molecule has 0 aromatic carbocycles. The second kappa shape index (κ2) is 6.39. The molecule has 1 amide bonds. The maximum Gasteiger partial charge on any atom is 0.239 e. The van der Waals surface area contributed by atoms with Gasteiger partial charge < -0.3 is 11.1 Å². The molecule has 0 aromatic heterocycles. The van der Waals surface area contributed by atoms with E-state index < -0.39 is 5.54 Å². The molecule has 1 unspecified atom stereocenters. The Hall–Kier alpha value is -0.570. The first-order valence-electron chi connectivity index (χ1n) is 7.06. The number of rotatable bonds is 5. The highest BCUT2D eigenvalue weighted by molar-refractivity contribution is 5.85. The summed E-state index contributed by atoms with van der Waals surface area (Å²) in [4.78, 5) is 11.8. The van der Waals surface area contributed by atoms with E-state index in [4.69, 9.17) is 5.73 Å². The van der Waals surface area contributed by atoms with Crippen LogP contribution >= 0.6 is 0 Å². The number of carbonyl (C=O) groups excluding carboxylic acids is 1. The fourth-order valence-corrected chi connectivity index (χ4v) is 2.44. The maximum absolute atomic E-state index is 11.8. The van der Waals surface area contributed by atoms with Crippen LogP contribution in [0.1, 0.15) is 59.3 Å². The zero-order valence-electron chi connectivity index (χ0n) is 11.6. The van der Waals surface area contributed by atoms with Gasteiger partial charge in [0.2, 0.25) is 5.91 Å². The first-order chi connectivity index (χ1) is 7.99. The van der Waals surface area contributed by atoms with E-state index in [1.165, 1.54) is 32.1 Å². The summed E-state index contributed by atoms with van der Waals surface area (Å²) in [6, 6.07) is 0. The number of hydrogen-bond donors (Lipinski definition) is 2. The minimum atomic E-state index is -0.708. The van der Waals surface area contributed by atoms with Gasteiger partial charge in [0, 0.05) is 6.54 Å². The fourth-order valence-electron chi connectivity index (χ4n) is 2.44. The van der Waals surface area contributed by atoms with E-state index in [1.807, 2.05) is 6.92 Å². The van der Waals surface area contributed by atoms with E-state index in [0.717, 1.165) is 12.5 Å². The van der Waals surface area contributed by atoms with Crippen LogP contribution in [0.4, 0.5) is 0 Å². The van der Waals surface area contributed by atoms with Gasteiger partial charge in [-0.3, -0.25) is 4.79 Å². The van der Waals surface area contributed by atoms with Crippen molar-refractivity contribution in [2.45, 2.75) is 64.8 Å². The normalized spacial score (nSPS) is 28.5. The molecule has 1 atom stereocenters. The van der Waals surface area contributed by atoms with Gasteiger partial charge in [-0.05, 0) is 38.0 Å². The molecular formula is C14H28N2O. The monoisotopic (exact) mass is 240 g/mol. The van der Waals surface area contributed by atoms with Crippen LogP contribution in [0.5, 0.6) is 0 Å². The zero-order chi connectivity index (χ0) is 12.9. The fraction of sp³-hybridized carbons (Fsp3) is 0.929. The average molecular weight is 240 g/mol. The average Bonchev–Trinajstić information content (AvgIpc) is 2.36. The molecule has 3 nitrogen and oxygen atoms in total. The van der Waals surface area contributed by atoms with Crippen molar-refractivity contribution < 1.29 is 4.79 Å². The van der Waals surface area contributed by atoms with E-state index in [9.17, 15) is 4.79 Å². The highest BCUT2D eigenvalue weighted by Crippen LogP contribution is 2.30. The van der Waals surface area contributed by atoms with Crippen LogP contribution in [0.3, 0.4) is 0 Å². The van der Waals surface area contributed by atoms with E-state index in [0.29, 0.717) is 12.3 Å². The van der Waals surface area contributed by atoms with Crippen molar-refractivity contribution >= 4 is 5.91 Å². The Balaban J connectivity index is 2.26. The molecule has 100 valence electrons. The van der Waals surface area contributed by atoms with Gasteiger partial charge in [-0.1, -0.05) is 33.1 Å². The molecule has 1 aliphatic rings. The van der Waals surface area contributed by atoms with Gasteiger partial charge in [0.25, 0.3) is 0 Å². The Morgan fingerprint density at radius 1 is 1.24 bits per heavy atom. The van der Waals surface area contributed by atoms with Crippen LogP contribution in [0, 0.1) is 11.8 Å². The Morgan fingerprint density at radius 2 is 1.76 bits per heavy atom. The number of carbonyl (C=O) groups is 1. The largest absolute Gasteiger partial charge is 0.354 e. The van der Waals surface area contributed by atoms with Crippen molar-refractivity contribution in [3.05, 3.63) is 0 Å². The Kier molecular flexibility index (Phi) is 5.44. The van der Waals surface area contributed by atoms with Crippen molar-refractivity contribution in [1.29, 1.82) is 0 Å². The van der Waals surface area contributed by atoms with Crippen molar-refractivity contribution in [3.63, 3.8) is 0 Å². The van der Waals surface area contributed by atoms with Crippen molar-refractivity contribution in [1.82, 2.24) is 5.32 Å². The summed E-state index contributed by atoms with van der Waals surface area (Å²) in [5, 5.41) is 3.01. The second-order valence-electron chi connectivity index (χ2n) is 5.78. The molecule has 0 saturated heterocycles. The third-order valence-electron chi connectivity index (χ3n) is 4.35. The summed E-state index contributed by atoms with van der Waals surface area (Å²) in [6.07, 6.45) is 7.14. The van der Waals surface area contributed by atoms with Gasteiger partial charge in [0.05, 0.1) is 5.54 Å². The predicted octanol–water partition coefficient (Wildman–Crippen LogP) is 2.45. The van der Waals surface area contributed by atoms with E-state index >= 15 is 0 Å². The number of amides is 1. The summed E-state index contributed by atoms with van der Waals surface area (Å²) in [5.41, 5.74) is 5.20. The Bertz CT molecular complexity index is 243. The summed E-state index contributed by atoms with van der Waals surface area (Å²) < 4.78 is 0. The smallest absolute Gasteiger partial charge is 0.239 e.